The number of carbonyl (C=O) groups excluding carboxylic acids is 1. The second-order valence-electron chi connectivity index (χ2n) is 8.96. The van der Waals surface area contributed by atoms with Gasteiger partial charge in [0.1, 0.15) is 0 Å². The van der Waals surface area contributed by atoms with Gasteiger partial charge in [-0.2, -0.15) is 0 Å². The molecule has 0 aromatic carbocycles. The summed E-state index contributed by atoms with van der Waals surface area (Å²) in [6.45, 7) is 6.63. The highest BCUT2D eigenvalue weighted by atomic mass is 35.5. The third-order valence-corrected chi connectivity index (χ3v) is 8.62. The van der Waals surface area contributed by atoms with E-state index in [-0.39, 0.29) is 16.6 Å². The first kappa shape index (κ1) is 15.9. The van der Waals surface area contributed by atoms with E-state index in [1.807, 2.05) is 6.92 Å². The summed E-state index contributed by atoms with van der Waals surface area (Å²) in [5.41, 5.74) is 0.615. The molecule has 6 atom stereocenters. The molecule has 1 N–H and O–H groups in total. The maximum absolute atomic E-state index is 12.0. The van der Waals surface area contributed by atoms with Gasteiger partial charge in [0.05, 0.1) is 10.6 Å². The topological polar surface area (TPSA) is 37.3 Å². The van der Waals surface area contributed by atoms with Gasteiger partial charge in [0, 0.05) is 5.41 Å². The van der Waals surface area contributed by atoms with Gasteiger partial charge < -0.3 is 5.11 Å². The number of hydrogen-bond acceptors (Lipinski definition) is 2. The molecule has 3 fully saturated rings. The van der Waals surface area contributed by atoms with Crippen LogP contribution < -0.4 is 0 Å². The molecule has 3 heteroatoms. The summed E-state index contributed by atoms with van der Waals surface area (Å²) in [4.78, 5) is 12.0. The summed E-state index contributed by atoms with van der Waals surface area (Å²) in [6.07, 6.45) is 10.1. The van der Waals surface area contributed by atoms with Crippen molar-refractivity contribution in [2.24, 2.45) is 28.6 Å². The molecule has 0 spiro atoms. The first-order valence-corrected chi connectivity index (χ1v) is 9.43. The van der Waals surface area contributed by atoms with Crippen LogP contribution in [0.3, 0.4) is 0 Å². The van der Waals surface area contributed by atoms with Gasteiger partial charge in [-0.25, -0.2) is 0 Å². The minimum Gasteiger partial charge on any atom is -0.390 e. The first-order chi connectivity index (χ1) is 10.7. The Labute approximate surface area is 144 Å². The normalized spacial score (nSPS) is 52.2. The predicted octanol–water partition coefficient (Wildman–Crippen LogP) is 4.61. The minimum atomic E-state index is -0.532. The third-order valence-electron chi connectivity index (χ3n) is 8.21. The highest BCUT2D eigenvalue weighted by Gasteiger charge is 2.62. The van der Waals surface area contributed by atoms with Crippen molar-refractivity contribution in [3.8, 4) is 0 Å². The van der Waals surface area contributed by atoms with Crippen molar-refractivity contribution in [3.63, 3.8) is 0 Å². The lowest BCUT2D eigenvalue weighted by Gasteiger charge is -2.58. The zero-order valence-electron chi connectivity index (χ0n) is 14.4. The first-order valence-electron chi connectivity index (χ1n) is 9.06. The average Bonchev–Trinajstić information content (AvgIpc) is 2.74. The molecule has 2 nitrogen and oxygen atoms in total. The van der Waals surface area contributed by atoms with E-state index in [1.165, 1.54) is 5.57 Å². The van der Waals surface area contributed by atoms with Crippen molar-refractivity contribution in [1.29, 1.82) is 0 Å². The van der Waals surface area contributed by atoms with Gasteiger partial charge >= 0.3 is 0 Å². The van der Waals surface area contributed by atoms with E-state index in [4.69, 9.17) is 11.6 Å². The average molecular weight is 335 g/mol. The Morgan fingerprint density at radius 2 is 1.83 bits per heavy atom. The lowest BCUT2D eigenvalue weighted by Crippen LogP contribution is -2.53. The lowest BCUT2D eigenvalue weighted by molar-refractivity contribution is -0.114. The fraction of sp³-hybridized carbons (Fsp3) is 0.750. The van der Waals surface area contributed by atoms with Crippen LogP contribution in [0.5, 0.6) is 0 Å². The van der Waals surface area contributed by atoms with Crippen LogP contribution in [0.25, 0.3) is 0 Å². The molecular weight excluding hydrogens is 308 g/mol. The van der Waals surface area contributed by atoms with Crippen molar-refractivity contribution in [1.82, 2.24) is 0 Å². The number of halogens is 1. The van der Waals surface area contributed by atoms with E-state index in [0.717, 1.165) is 38.5 Å². The van der Waals surface area contributed by atoms with E-state index in [9.17, 15) is 9.90 Å². The van der Waals surface area contributed by atoms with Crippen LogP contribution in [0, 0.1) is 28.6 Å². The summed E-state index contributed by atoms with van der Waals surface area (Å²) in [6, 6.07) is 0. The Hall–Kier alpha value is -0.600. The number of aliphatic hydroxyl groups is 1. The summed E-state index contributed by atoms with van der Waals surface area (Å²) in [5, 5.41) is 11.4. The van der Waals surface area contributed by atoms with Gasteiger partial charge in [0.25, 0.3) is 0 Å². The van der Waals surface area contributed by atoms with Crippen molar-refractivity contribution in [2.75, 3.05) is 0 Å². The summed E-state index contributed by atoms with van der Waals surface area (Å²) >= 11 is 6.38. The molecule has 4 aliphatic carbocycles. The molecule has 4 rings (SSSR count). The van der Waals surface area contributed by atoms with Gasteiger partial charge in [-0.3, -0.25) is 4.79 Å². The molecule has 0 amide bonds. The quantitative estimate of drug-likeness (QED) is 0.702. The monoisotopic (exact) mass is 334 g/mol. The number of fused-ring (bicyclic) bond motifs is 5. The molecule has 3 saturated carbocycles. The van der Waals surface area contributed by atoms with Crippen LogP contribution in [0.4, 0.5) is 0 Å². The number of rotatable bonds is 0. The Morgan fingerprint density at radius 1 is 1.13 bits per heavy atom. The van der Waals surface area contributed by atoms with Gasteiger partial charge in [0.2, 0.25) is 0 Å². The fourth-order valence-corrected chi connectivity index (χ4v) is 6.88. The molecule has 23 heavy (non-hydrogen) atoms. The number of hydrogen-bond donors (Lipinski definition) is 1. The predicted molar refractivity (Wildman–Crippen MR) is 92.0 cm³/mol. The molecule has 4 aliphatic rings. The molecule has 0 saturated heterocycles. The van der Waals surface area contributed by atoms with Crippen LogP contribution >= 0.6 is 11.6 Å². The van der Waals surface area contributed by atoms with E-state index >= 15 is 0 Å². The standard InChI is InChI=1S/C20H27ClO2/c1-18-9-8-16(22)17(21)15(18)5-4-12-13(18)6-10-19(2)14(12)7-11-20(19,3)23/h8-9,12-14,23H,4-7,10-11H2,1-3H3/t12-,13-,14-,18+,19-,20-/m0/s1. The Kier molecular flexibility index (Phi) is 3.27. The van der Waals surface area contributed by atoms with Crippen LogP contribution in [-0.2, 0) is 4.79 Å². The summed E-state index contributed by atoms with van der Waals surface area (Å²) in [7, 11) is 0. The number of ketones is 1. The minimum absolute atomic E-state index is 0.0259. The second-order valence-corrected chi connectivity index (χ2v) is 9.33. The molecule has 0 aromatic heterocycles. The van der Waals surface area contributed by atoms with Gasteiger partial charge in [-0.1, -0.05) is 31.5 Å². The van der Waals surface area contributed by atoms with Gasteiger partial charge in [0.15, 0.2) is 5.78 Å². The Balaban J connectivity index is 1.74. The van der Waals surface area contributed by atoms with Crippen LogP contribution in [0.15, 0.2) is 22.8 Å². The van der Waals surface area contributed by atoms with Crippen LogP contribution in [0.2, 0.25) is 0 Å². The molecule has 0 radical (unpaired) electrons. The number of allylic oxidation sites excluding steroid dienone is 4. The summed E-state index contributed by atoms with van der Waals surface area (Å²) in [5.74, 6) is 1.76. The Morgan fingerprint density at radius 3 is 2.57 bits per heavy atom. The molecular formula is C20H27ClO2. The third kappa shape index (κ3) is 1.88. The summed E-state index contributed by atoms with van der Waals surface area (Å²) < 4.78 is 0. The molecule has 126 valence electrons. The van der Waals surface area contributed by atoms with Gasteiger partial charge in [-0.15, -0.1) is 0 Å². The largest absolute Gasteiger partial charge is 0.390 e. The second kappa shape index (κ2) is 4.73. The van der Waals surface area contributed by atoms with Crippen molar-refractivity contribution >= 4 is 17.4 Å². The lowest BCUT2D eigenvalue weighted by atomic mass is 9.47. The molecule has 0 aromatic rings. The van der Waals surface area contributed by atoms with Crippen molar-refractivity contribution in [2.45, 2.75) is 64.9 Å². The van der Waals surface area contributed by atoms with Crippen LogP contribution in [-0.4, -0.2) is 16.5 Å². The van der Waals surface area contributed by atoms with Crippen LogP contribution in [0.1, 0.15) is 59.3 Å². The Bertz CT molecular complexity index is 632. The SMILES string of the molecule is C[C@]12C=CC(=O)C(Cl)=C1CC[C@H]1[C@@H]2CC[C@@]2(C)[C@H]1CC[C@]2(C)O. The molecule has 0 bridgehead atoms. The van der Waals surface area contributed by atoms with E-state index in [1.54, 1.807) is 6.08 Å². The molecule has 0 aliphatic heterocycles. The highest BCUT2D eigenvalue weighted by Crippen LogP contribution is 2.67. The van der Waals surface area contributed by atoms with E-state index in [2.05, 4.69) is 19.9 Å². The zero-order valence-corrected chi connectivity index (χ0v) is 15.1. The molecule has 0 heterocycles. The van der Waals surface area contributed by atoms with Crippen molar-refractivity contribution < 1.29 is 9.90 Å². The van der Waals surface area contributed by atoms with E-state index < -0.39 is 5.60 Å². The fourth-order valence-electron chi connectivity index (χ4n) is 6.52. The maximum Gasteiger partial charge on any atom is 0.196 e. The van der Waals surface area contributed by atoms with Gasteiger partial charge in [-0.05, 0) is 80.3 Å². The van der Waals surface area contributed by atoms with E-state index in [0.29, 0.717) is 22.8 Å². The van der Waals surface area contributed by atoms with Crippen molar-refractivity contribution in [3.05, 3.63) is 22.8 Å². The zero-order chi connectivity index (χ0) is 16.6. The molecule has 0 unspecified atom stereocenters. The highest BCUT2D eigenvalue weighted by molar-refractivity contribution is 6.45. The number of carbonyl (C=O) groups is 1. The smallest absolute Gasteiger partial charge is 0.196 e. The maximum atomic E-state index is 12.0.